The first kappa shape index (κ1) is 20.6. The zero-order chi connectivity index (χ0) is 20.9. The largest absolute Gasteiger partial charge is 0.497 e. The number of rotatable bonds is 5. The van der Waals surface area contributed by atoms with Gasteiger partial charge in [-0.2, -0.15) is 0 Å². The average molecular weight is 392 g/mol. The summed E-state index contributed by atoms with van der Waals surface area (Å²) in [7, 11) is 1.67. The van der Waals surface area contributed by atoms with Crippen molar-refractivity contribution >= 4 is 29.1 Å². The quantitative estimate of drug-likeness (QED) is 0.718. The van der Waals surface area contributed by atoms with E-state index in [1.807, 2.05) is 51.1 Å². The molecule has 1 aliphatic rings. The molecular formula is C24H28N2O3. The molecule has 0 unspecified atom stereocenters. The van der Waals surface area contributed by atoms with Gasteiger partial charge >= 0.3 is 6.09 Å². The van der Waals surface area contributed by atoms with Crippen LogP contribution in [0.1, 0.15) is 44.7 Å². The third-order valence-electron chi connectivity index (χ3n) is 4.48. The Morgan fingerprint density at radius 2 is 1.83 bits per heavy atom. The van der Waals surface area contributed by atoms with E-state index < -0.39 is 11.7 Å². The molecule has 152 valence electrons. The number of alkyl carbamates (subject to hydrolysis) is 1. The Bertz CT molecular complexity index is 922. The summed E-state index contributed by atoms with van der Waals surface area (Å²) in [4.78, 5) is 16.8. The first-order valence-corrected chi connectivity index (χ1v) is 9.81. The number of carbonyl (C=O) groups excluding carboxylic acids is 1. The number of aliphatic imine (C=N–C) groups is 1. The van der Waals surface area contributed by atoms with Gasteiger partial charge in [-0.1, -0.05) is 30.3 Å². The van der Waals surface area contributed by atoms with Crippen LogP contribution in [0.2, 0.25) is 0 Å². The van der Waals surface area contributed by atoms with Gasteiger partial charge in [0.2, 0.25) is 0 Å². The Balaban J connectivity index is 1.77. The van der Waals surface area contributed by atoms with E-state index in [1.165, 1.54) is 5.57 Å². The van der Waals surface area contributed by atoms with Crippen LogP contribution in [0.5, 0.6) is 5.75 Å². The molecule has 0 spiro atoms. The number of ether oxygens (including phenoxy) is 2. The molecule has 5 heteroatoms. The van der Waals surface area contributed by atoms with Crippen LogP contribution in [-0.4, -0.2) is 31.1 Å². The Morgan fingerprint density at radius 3 is 2.52 bits per heavy atom. The van der Waals surface area contributed by atoms with Gasteiger partial charge in [0.1, 0.15) is 11.4 Å². The number of methoxy groups -OCH3 is 1. The summed E-state index contributed by atoms with van der Waals surface area (Å²) in [6.07, 6.45) is 3.16. The zero-order valence-electron chi connectivity index (χ0n) is 17.5. The SMILES string of the molecule is COc1ccc(C2=Cc3ccccc3N=C(CCNC(=O)OC(C)(C)C)C2)cc1. The highest BCUT2D eigenvalue weighted by atomic mass is 16.6. The van der Waals surface area contributed by atoms with Crippen LogP contribution >= 0.6 is 0 Å². The number of nitrogens with one attached hydrogen (secondary N) is 1. The third-order valence-corrected chi connectivity index (χ3v) is 4.48. The number of allylic oxidation sites excluding steroid dienone is 1. The molecule has 0 saturated heterocycles. The van der Waals surface area contributed by atoms with Crippen LogP contribution in [0.4, 0.5) is 10.5 Å². The van der Waals surface area contributed by atoms with Gasteiger partial charge in [-0.15, -0.1) is 0 Å². The molecule has 0 radical (unpaired) electrons. The molecule has 0 bridgehead atoms. The predicted molar refractivity (Wildman–Crippen MR) is 118 cm³/mol. The molecule has 1 heterocycles. The number of fused-ring (bicyclic) bond motifs is 1. The van der Waals surface area contributed by atoms with E-state index in [2.05, 4.69) is 29.6 Å². The van der Waals surface area contributed by atoms with Gasteiger partial charge in [-0.25, -0.2) is 4.79 Å². The van der Waals surface area contributed by atoms with Gasteiger partial charge in [0.25, 0.3) is 0 Å². The number of amides is 1. The van der Waals surface area contributed by atoms with E-state index in [1.54, 1.807) is 7.11 Å². The molecule has 1 amide bonds. The first-order chi connectivity index (χ1) is 13.8. The minimum Gasteiger partial charge on any atom is -0.497 e. The van der Waals surface area contributed by atoms with Crippen molar-refractivity contribution in [3.05, 3.63) is 59.7 Å². The normalized spacial score (nSPS) is 13.5. The lowest BCUT2D eigenvalue weighted by Gasteiger charge is -2.19. The number of para-hydroxylation sites is 1. The molecule has 1 N–H and O–H groups in total. The molecule has 0 saturated carbocycles. The summed E-state index contributed by atoms with van der Waals surface area (Å²) in [5.41, 5.74) is 4.88. The van der Waals surface area contributed by atoms with E-state index in [0.29, 0.717) is 13.0 Å². The minimum absolute atomic E-state index is 0.405. The Morgan fingerprint density at radius 1 is 1.10 bits per heavy atom. The molecule has 0 aromatic heterocycles. The van der Waals surface area contributed by atoms with Crippen molar-refractivity contribution in [2.45, 2.75) is 39.2 Å². The number of benzene rings is 2. The fraction of sp³-hybridized carbons (Fsp3) is 0.333. The fourth-order valence-electron chi connectivity index (χ4n) is 3.14. The predicted octanol–water partition coefficient (Wildman–Crippen LogP) is 5.63. The monoisotopic (exact) mass is 392 g/mol. The average Bonchev–Trinajstić information content (AvgIpc) is 2.86. The fourth-order valence-corrected chi connectivity index (χ4v) is 3.14. The summed E-state index contributed by atoms with van der Waals surface area (Å²) in [6, 6.07) is 16.2. The maximum atomic E-state index is 11.9. The standard InChI is InChI=1S/C24H28N2O3/c1-24(2,3)29-23(27)25-14-13-20-16-19(17-9-11-21(28-4)12-10-17)15-18-7-5-6-8-22(18)26-20/h5-12,15H,13-14,16H2,1-4H3,(H,25,27). The molecular weight excluding hydrogens is 364 g/mol. The lowest BCUT2D eigenvalue weighted by Crippen LogP contribution is -2.33. The summed E-state index contributed by atoms with van der Waals surface area (Å²) < 4.78 is 10.6. The van der Waals surface area contributed by atoms with Crippen molar-refractivity contribution in [2.24, 2.45) is 4.99 Å². The highest BCUT2D eigenvalue weighted by Crippen LogP contribution is 2.32. The summed E-state index contributed by atoms with van der Waals surface area (Å²) in [5, 5.41) is 2.82. The topological polar surface area (TPSA) is 59.9 Å². The number of hydrogen-bond acceptors (Lipinski definition) is 4. The van der Waals surface area contributed by atoms with Crippen LogP contribution in [0.25, 0.3) is 11.6 Å². The second kappa shape index (κ2) is 8.95. The maximum Gasteiger partial charge on any atom is 0.407 e. The summed E-state index contributed by atoms with van der Waals surface area (Å²) in [6.45, 7) is 6.03. The Hall–Kier alpha value is -3.08. The summed E-state index contributed by atoms with van der Waals surface area (Å²) >= 11 is 0. The second-order valence-electron chi connectivity index (χ2n) is 7.99. The van der Waals surface area contributed by atoms with Crippen molar-refractivity contribution in [1.82, 2.24) is 5.32 Å². The Labute approximate surface area is 172 Å². The lowest BCUT2D eigenvalue weighted by atomic mass is 9.97. The number of hydrogen-bond donors (Lipinski definition) is 1. The number of carbonyl (C=O) groups is 1. The maximum absolute atomic E-state index is 11.9. The molecule has 2 aromatic carbocycles. The van der Waals surface area contributed by atoms with Gasteiger partial charge in [-0.05, 0) is 56.2 Å². The molecule has 0 fully saturated rings. The van der Waals surface area contributed by atoms with Gasteiger partial charge in [0, 0.05) is 30.7 Å². The molecule has 29 heavy (non-hydrogen) atoms. The molecule has 1 aliphatic heterocycles. The van der Waals surface area contributed by atoms with Crippen LogP contribution in [0.3, 0.4) is 0 Å². The molecule has 3 rings (SSSR count). The van der Waals surface area contributed by atoms with E-state index in [4.69, 9.17) is 14.5 Å². The van der Waals surface area contributed by atoms with E-state index in [-0.39, 0.29) is 0 Å². The minimum atomic E-state index is -0.507. The van der Waals surface area contributed by atoms with Gasteiger partial charge in [0.15, 0.2) is 0 Å². The van der Waals surface area contributed by atoms with Crippen molar-refractivity contribution < 1.29 is 14.3 Å². The number of nitrogens with zero attached hydrogens (tertiary/aromatic N) is 1. The van der Waals surface area contributed by atoms with E-state index in [9.17, 15) is 4.79 Å². The lowest BCUT2D eigenvalue weighted by molar-refractivity contribution is 0.0529. The smallest absolute Gasteiger partial charge is 0.407 e. The van der Waals surface area contributed by atoms with Gasteiger partial charge < -0.3 is 14.8 Å². The first-order valence-electron chi connectivity index (χ1n) is 9.81. The third kappa shape index (κ3) is 5.95. The molecule has 0 aliphatic carbocycles. The van der Waals surface area contributed by atoms with Crippen molar-refractivity contribution in [3.8, 4) is 5.75 Å². The molecule has 5 nitrogen and oxygen atoms in total. The van der Waals surface area contributed by atoms with Gasteiger partial charge in [-0.3, -0.25) is 4.99 Å². The Kier molecular flexibility index (Phi) is 6.37. The van der Waals surface area contributed by atoms with Crippen molar-refractivity contribution in [2.75, 3.05) is 13.7 Å². The molecule has 2 aromatic rings. The van der Waals surface area contributed by atoms with Gasteiger partial charge in [0.05, 0.1) is 12.8 Å². The van der Waals surface area contributed by atoms with Crippen LogP contribution in [0.15, 0.2) is 53.5 Å². The summed E-state index contributed by atoms with van der Waals surface area (Å²) in [5.74, 6) is 0.832. The molecule has 0 atom stereocenters. The van der Waals surface area contributed by atoms with E-state index >= 15 is 0 Å². The zero-order valence-corrected chi connectivity index (χ0v) is 17.5. The van der Waals surface area contributed by atoms with Crippen molar-refractivity contribution in [3.63, 3.8) is 0 Å². The second-order valence-corrected chi connectivity index (χ2v) is 7.99. The highest BCUT2D eigenvalue weighted by molar-refractivity contribution is 6.02. The van der Waals surface area contributed by atoms with Crippen LogP contribution in [-0.2, 0) is 4.74 Å². The van der Waals surface area contributed by atoms with E-state index in [0.717, 1.165) is 34.7 Å². The van der Waals surface area contributed by atoms with Crippen LogP contribution in [0, 0.1) is 0 Å². The van der Waals surface area contributed by atoms with Crippen molar-refractivity contribution in [1.29, 1.82) is 0 Å². The highest BCUT2D eigenvalue weighted by Gasteiger charge is 2.17. The van der Waals surface area contributed by atoms with Crippen LogP contribution < -0.4 is 10.1 Å².